The Hall–Kier alpha value is -1.85. The van der Waals surface area contributed by atoms with Gasteiger partial charge in [0.1, 0.15) is 5.82 Å². The van der Waals surface area contributed by atoms with Crippen LogP contribution >= 0.6 is 23.2 Å². The molecule has 0 fully saturated rings. The second-order valence-corrected chi connectivity index (χ2v) is 4.46. The Bertz CT molecular complexity index is 649. The molecule has 0 saturated carbocycles. The average molecular weight is 300 g/mol. The first-order valence-electron chi connectivity index (χ1n) is 5.15. The second kappa shape index (κ2) is 5.42. The van der Waals surface area contributed by atoms with Crippen molar-refractivity contribution in [1.29, 1.82) is 0 Å². The number of rotatable bonds is 2. The fourth-order valence-corrected chi connectivity index (χ4v) is 1.78. The van der Waals surface area contributed by atoms with Crippen LogP contribution in [-0.4, -0.2) is 10.9 Å². The molecule has 3 N–H and O–H groups in total. The molecule has 0 unspecified atom stereocenters. The van der Waals surface area contributed by atoms with E-state index in [1.807, 2.05) is 0 Å². The minimum absolute atomic E-state index is 0.0380. The number of nitrogen functional groups attached to an aromatic ring is 1. The Morgan fingerprint density at radius 3 is 2.79 bits per heavy atom. The Morgan fingerprint density at radius 2 is 2.05 bits per heavy atom. The van der Waals surface area contributed by atoms with Gasteiger partial charge >= 0.3 is 0 Å². The number of carbonyl (C=O) groups excluding carboxylic acids is 1. The molecule has 4 nitrogen and oxygen atoms in total. The van der Waals surface area contributed by atoms with Crippen LogP contribution < -0.4 is 11.1 Å². The molecule has 2 rings (SSSR count). The Labute approximate surface area is 118 Å². The van der Waals surface area contributed by atoms with Gasteiger partial charge in [-0.05, 0) is 18.2 Å². The van der Waals surface area contributed by atoms with Crippen LogP contribution in [0.2, 0.25) is 10.0 Å². The van der Waals surface area contributed by atoms with Gasteiger partial charge in [0.2, 0.25) is 0 Å². The molecule has 0 atom stereocenters. The topological polar surface area (TPSA) is 68.0 Å². The lowest BCUT2D eigenvalue weighted by atomic mass is 10.2. The van der Waals surface area contributed by atoms with Gasteiger partial charge in [0.05, 0.1) is 21.3 Å². The highest BCUT2D eigenvalue weighted by atomic mass is 35.5. The van der Waals surface area contributed by atoms with Crippen LogP contribution in [0.3, 0.4) is 0 Å². The maximum atomic E-state index is 13.6. The molecule has 2 aromatic rings. The summed E-state index contributed by atoms with van der Waals surface area (Å²) in [6.07, 6.45) is 1.25. The predicted octanol–water partition coefficient (Wildman–Crippen LogP) is 3.36. The van der Waals surface area contributed by atoms with Gasteiger partial charge in [-0.3, -0.25) is 4.79 Å². The van der Waals surface area contributed by atoms with E-state index in [1.165, 1.54) is 30.5 Å². The quantitative estimate of drug-likeness (QED) is 0.893. The van der Waals surface area contributed by atoms with E-state index in [4.69, 9.17) is 28.9 Å². The summed E-state index contributed by atoms with van der Waals surface area (Å²) < 4.78 is 13.6. The van der Waals surface area contributed by atoms with Crippen LogP contribution in [0.4, 0.5) is 15.9 Å². The highest BCUT2D eigenvalue weighted by Crippen LogP contribution is 2.24. The molecule has 98 valence electrons. The molecule has 19 heavy (non-hydrogen) atoms. The van der Waals surface area contributed by atoms with Crippen LogP contribution in [0, 0.1) is 5.82 Å². The third-order valence-corrected chi connectivity index (χ3v) is 2.91. The monoisotopic (exact) mass is 299 g/mol. The summed E-state index contributed by atoms with van der Waals surface area (Å²) in [6, 6.07) is 5.59. The molecule has 1 amide bonds. The molecule has 0 aliphatic heterocycles. The number of halogens is 3. The zero-order valence-electron chi connectivity index (χ0n) is 9.45. The lowest BCUT2D eigenvalue weighted by Gasteiger charge is -2.08. The van der Waals surface area contributed by atoms with Crippen molar-refractivity contribution in [3.8, 4) is 0 Å². The van der Waals surface area contributed by atoms with E-state index in [0.717, 1.165) is 0 Å². The molecule has 1 heterocycles. The first-order valence-corrected chi connectivity index (χ1v) is 5.91. The smallest absolute Gasteiger partial charge is 0.257 e. The highest BCUT2D eigenvalue weighted by molar-refractivity contribution is 6.34. The van der Waals surface area contributed by atoms with Crippen molar-refractivity contribution >= 4 is 40.6 Å². The maximum Gasteiger partial charge on any atom is 0.257 e. The highest BCUT2D eigenvalue weighted by Gasteiger charge is 2.14. The van der Waals surface area contributed by atoms with Crippen molar-refractivity contribution in [1.82, 2.24) is 4.98 Å². The van der Waals surface area contributed by atoms with Crippen molar-refractivity contribution < 1.29 is 9.18 Å². The van der Waals surface area contributed by atoms with Gasteiger partial charge in [0.15, 0.2) is 5.82 Å². The zero-order chi connectivity index (χ0) is 14.0. The third-order valence-electron chi connectivity index (χ3n) is 2.32. The van der Waals surface area contributed by atoms with Gasteiger partial charge in [0.25, 0.3) is 5.91 Å². The summed E-state index contributed by atoms with van der Waals surface area (Å²) in [6.45, 7) is 0. The van der Waals surface area contributed by atoms with Crippen LogP contribution in [0.25, 0.3) is 0 Å². The Balaban J connectivity index is 2.31. The van der Waals surface area contributed by atoms with Crippen molar-refractivity contribution in [3.63, 3.8) is 0 Å². The van der Waals surface area contributed by atoms with E-state index in [9.17, 15) is 9.18 Å². The van der Waals surface area contributed by atoms with Gasteiger partial charge < -0.3 is 11.1 Å². The van der Waals surface area contributed by atoms with Gasteiger partial charge in [-0.15, -0.1) is 0 Å². The molecule has 0 aliphatic carbocycles. The number of nitrogens with one attached hydrogen (secondary N) is 1. The minimum Gasteiger partial charge on any atom is -0.384 e. The summed E-state index contributed by atoms with van der Waals surface area (Å²) in [4.78, 5) is 15.7. The van der Waals surface area contributed by atoms with E-state index in [1.54, 1.807) is 0 Å². The number of nitrogens with two attached hydrogens (primary N) is 1. The normalized spacial score (nSPS) is 10.3. The van der Waals surface area contributed by atoms with Crippen molar-refractivity contribution in [2.75, 3.05) is 11.1 Å². The molecule has 0 aliphatic rings. The molecular formula is C12H8Cl2FN3O. The number of amides is 1. The molecular weight excluding hydrogens is 292 g/mol. The van der Waals surface area contributed by atoms with E-state index >= 15 is 0 Å². The molecule has 0 saturated heterocycles. The Kier molecular flexibility index (Phi) is 3.87. The molecule has 1 aromatic heterocycles. The zero-order valence-corrected chi connectivity index (χ0v) is 11.0. The van der Waals surface area contributed by atoms with Crippen LogP contribution in [0.15, 0.2) is 30.5 Å². The lowest BCUT2D eigenvalue weighted by Crippen LogP contribution is -2.14. The van der Waals surface area contributed by atoms with E-state index in [0.29, 0.717) is 0 Å². The Morgan fingerprint density at radius 1 is 1.32 bits per heavy atom. The number of hydrogen-bond donors (Lipinski definition) is 2. The standard InChI is InChI=1S/C12H8Cl2FN3O/c13-7-2-1-3-9(11(7)15)18-12(19)6-4-10(16)17-5-8(6)14/h1-5H,(H2,16,17)(H,18,19). The number of pyridine rings is 1. The van der Waals surface area contributed by atoms with E-state index < -0.39 is 11.7 Å². The fraction of sp³-hybridized carbons (Fsp3) is 0. The number of benzene rings is 1. The third kappa shape index (κ3) is 2.94. The van der Waals surface area contributed by atoms with E-state index in [2.05, 4.69) is 10.3 Å². The predicted molar refractivity (Wildman–Crippen MR) is 73.0 cm³/mol. The van der Waals surface area contributed by atoms with Crippen LogP contribution in [-0.2, 0) is 0 Å². The van der Waals surface area contributed by atoms with E-state index in [-0.39, 0.29) is 27.1 Å². The summed E-state index contributed by atoms with van der Waals surface area (Å²) >= 11 is 11.4. The lowest BCUT2D eigenvalue weighted by molar-refractivity contribution is 0.102. The van der Waals surface area contributed by atoms with Crippen molar-refractivity contribution in [2.45, 2.75) is 0 Å². The van der Waals surface area contributed by atoms with Crippen LogP contribution in [0.5, 0.6) is 0 Å². The summed E-state index contributed by atoms with van der Waals surface area (Å²) in [5.41, 5.74) is 5.53. The molecule has 0 radical (unpaired) electrons. The minimum atomic E-state index is -0.712. The van der Waals surface area contributed by atoms with Crippen LogP contribution in [0.1, 0.15) is 10.4 Å². The number of carbonyl (C=O) groups is 1. The maximum absolute atomic E-state index is 13.6. The summed E-state index contributed by atoms with van der Waals surface area (Å²) in [5, 5.41) is 2.40. The molecule has 7 heteroatoms. The molecule has 1 aromatic carbocycles. The largest absolute Gasteiger partial charge is 0.384 e. The fourth-order valence-electron chi connectivity index (χ4n) is 1.42. The van der Waals surface area contributed by atoms with Gasteiger partial charge in [-0.2, -0.15) is 0 Å². The number of hydrogen-bond acceptors (Lipinski definition) is 3. The average Bonchev–Trinajstić information content (AvgIpc) is 2.38. The molecule has 0 bridgehead atoms. The molecule has 0 spiro atoms. The second-order valence-electron chi connectivity index (χ2n) is 3.64. The number of nitrogens with zero attached hydrogens (tertiary/aromatic N) is 1. The first kappa shape index (κ1) is 13.6. The SMILES string of the molecule is Nc1cc(C(=O)Nc2cccc(Cl)c2F)c(Cl)cn1. The van der Waals surface area contributed by atoms with Crippen molar-refractivity contribution in [2.24, 2.45) is 0 Å². The van der Waals surface area contributed by atoms with Gasteiger partial charge in [0, 0.05) is 6.20 Å². The number of aromatic nitrogens is 1. The first-order chi connectivity index (χ1) is 8.99. The summed E-state index contributed by atoms with van der Waals surface area (Å²) in [7, 11) is 0. The number of anilines is 2. The van der Waals surface area contributed by atoms with Gasteiger partial charge in [-0.1, -0.05) is 29.3 Å². The van der Waals surface area contributed by atoms with Gasteiger partial charge in [-0.25, -0.2) is 9.37 Å². The summed E-state index contributed by atoms with van der Waals surface area (Å²) in [5.74, 6) is -1.17. The van der Waals surface area contributed by atoms with Crippen molar-refractivity contribution in [3.05, 3.63) is 51.9 Å².